The van der Waals surface area contributed by atoms with Crippen LogP contribution in [-0.4, -0.2) is 24.0 Å². The molecule has 0 aliphatic heterocycles. The summed E-state index contributed by atoms with van der Waals surface area (Å²) in [6.45, 7) is 4.83. The van der Waals surface area contributed by atoms with Crippen LogP contribution >= 0.6 is 11.6 Å². The summed E-state index contributed by atoms with van der Waals surface area (Å²) in [6.07, 6.45) is 1.50. The van der Waals surface area contributed by atoms with Crippen molar-refractivity contribution in [1.82, 2.24) is 4.98 Å². The Morgan fingerprint density at radius 2 is 2.24 bits per heavy atom. The number of carbonyl (C=O) groups is 1. The lowest BCUT2D eigenvalue weighted by Gasteiger charge is -2.25. The van der Waals surface area contributed by atoms with Crippen LogP contribution in [-0.2, 0) is 4.79 Å². The molecular formula is C11H17ClN4O. The minimum atomic E-state index is -0.415. The molecule has 0 unspecified atom stereocenters. The Bertz CT molecular complexity index is 408. The van der Waals surface area contributed by atoms with Crippen LogP contribution in [0, 0.1) is 5.92 Å². The maximum Gasteiger partial charge on any atom is 0.236 e. The molecule has 0 spiro atoms. The largest absolute Gasteiger partial charge is 0.396 e. The number of rotatable bonds is 5. The Kier molecular flexibility index (Phi) is 4.57. The first-order chi connectivity index (χ1) is 7.90. The van der Waals surface area contributed by atoms with Crippen molar-refractivity contribution in [2.75, 3.05) is 23.7 Å². The Labute approximate surface area is 106 Å². The van der Waals surface area contributed by atoms with Crippen LogP contribution in [0.5, 0.6) is 0 Å². The lowest BCUT2D eigenvalue weighted by Crippen LogP contribution is -2.37. The van der Waals surface area contributed by atoms with Crippen LogP contribution in [0.1, 0.15) is 13.8 Å². The Morgan fingerprint density at radius 1 is 1.59 bits per heavy atom. The van der Waals surface area contributed by atoms with Gasteiger partial charge in [-0.05, 0) is 12.0 Å². The molecule has 1 amide bonds. The summed E-state index contributed by atoms with van der Waals surface area (Å²) in [5.41, 5.74) is 11.5. The lowest BCUT2D eigenvalue weighted by molar-refractivity contribution is -0.116. The number of carbonyl (C=O) groups excluding carboxylic acids is 1. The summed E-state index contributed by atoms with van der Waals surface area (Å²) in [4.78, 5) is 16.9. The second kappa shape index (κ2) is 5.72. The maximum absolute atomic E-state index is 11.0. The summed E-state index contributed by atoms with van der Waals surface area (Å²) in [5.74, 6) is 0.495. The van der Waals surface area contributed by atoms with Gasteiger partial charge in [-0.2, -0.15) is 0 Å². The number of aromatic nitrogens is 1. The van der Waals surface area contributed by atoms with Gasteiger partial charge in [0.1, 0.15) is 0 Å². The summed E-state index contributed by atoms with van der Waals surface area (Å²) in [5, 5.41) is 0.467. The highest BCUT2D eigenvalue weighted by atomic mass is 35.5. The number of amides is 1. The minimum absolute atomic E-state index is 0.0943. The van der Waals surface area contributed by atoms with E-state index in [1.165, 1.54) is 6.20 Å². The molecule has 0 saturated heterocycles. The molecule has 1 heterocycles. The van der Waals surface area contributed by atoms with Gasteiger partial charge >= 0.3 is 0 Å². The Hall–Kier alpha value is -1.49. The fourth-order valence-corrected chi connectivity index (χ4v) is 1.73. The SMILES string of the molecule is CC(C)CN(CC(N)=O)c1ncc(Cl)cc1N. The smallest absolute Gasteiger partial charge is 0.236 e. The zero-order valence-corrected chi connectivity index (χ0v) is 10.7. The Morgan fingerprint density at radius 3 is 2.71 bits per heavy atom. The van der Waals surface area contributed by atoms with Crippen LogP contribution in [0.4, 0.5) is 11.5 Å². The van der Waals surface area contributed by atoms with Gasteiger partial charge in [0.25, 0.3) is 0 Å². The number of anilines is 2. The standard InChI is InChI=1S/C11H17ClN4O/c1-7(2)5-16(6-10(14)17)11-9(13)3-8(12)4-15-11/h3-4,7H,5-6,13H2,1-2H3,(H2,14,17). The summed E-state index contributed by atoms with van der Waals surface area (Å²) >= 11 is 5.78. The first kappa shape index (κ1) is 13.6. The molecule has 94 valence electrons. The zero-order chi connectivity index (χ0) is 13.0. The van der Waals surface area contributed by atoms with E-state index in [4.69, 9.17) is 23.1 Å². The van der Waals surface area contributed by atoms with Crippen molar-refractivity contribution < 1.29 is 4.79 Å². The molecule has 4 N–H and O–H groups in total. The van der Waals surface area contributed by atoms with E-state index in [0.29, 0.717) is 29.0 Å². The van der Waals surface area contributed by atoms with Crippen molar-refractivity contribution >= 4 is 29.0 Å². The molecule has 0 aliphatic carbocycles. The van der Waals surface area contributed by atoms with E-state index in [-0.39, 0.29) is 6.54 Å². The van der Waals surface area contributed by atoms with E-state index in [1.54, 1.807) is 11.0 Å². The number of nitrogen functional groups attached to an aromatic ring is 1. The molecule has 0 aromatic carbocycles. The molecule has 1 aromatic heterocycles. The van der Waals surface area contributed by atoms with Crippen molar-refractivity contribution in [3.8, 4) is 0 Å². The average molecular weight is 257 g/mol. The molecule has 1 aromatic rings. The molecule has 0 aliphatic rings. The molecule has 1 rings (SSSR count). The highest BCUT2D eigenvalue weighted by Gasteiger charge is 2.15. The molecule has 0 saturated carbocycles. The number of hydrogen-bond acceptors (Lipinski definition) is 4. The fraction of sp³-hybridized carbons (Fsp3) is 0.455. The minimum Gasteiger partial charge on any atom is -0.396 e. The van der Waals surface area contributed by atoms with Crippen LogP contribution in [0.25, 0.3) is 0 Å². The van der Waals surface area contributed by atoms with Gasteiger partial charge in [0.05, 0.1) is 17.3 Å². The summed E-state index contributed by atoms with van der Waals surface area (Å²) < 4.78 is 0. The van der Waals surface area contributed by atoms with Gasteiger partial charge in [0.15, 0.2) is 5.82 Å². The normalized spacial score (nSPS) is 10.6. The third-order valence-electron chi connectivity index (χ3n) is 2.09. The number of hydrogen-bond donors (Lipinski definition) is 2. The molecule has 17 heavy (non-hydrogen) atoms. The molecule has 0 atom stereocenters. The van der Waals surface area contributed by atoms with Gasteiger partial charge < -0.3 is 16.4 Å². The van der Waals surface area contributed by atoms with E-state index >= 15 is 0 Å². The van der Waals surface area contributed by atoms with E-state index in [2.05, 4.69) is 4.98 Å². The summed E-state index contributed by atoms with van der Waals surface area (Å²) in [6, 6.07) is 1.61. The van der Waals surface area contributed by atoms with Gasteiger partial charge in [0.2, 0.25) is 5.91 Å². The molecular weight excluding hydrogens is 240 g/mol. The van der Waals surface area contributed by atoms with E-state index in [0.717, 1.165) is 0 Å². The molecule has 0 fully saturated rings. The van der Waals surface area contributed by atoms with E-state index < -0.39 is 5.91 Å². The van der Waals surface area contributed by atoms with Crippen molar-refractivity contribution in [2.24, 2.45) is 11.7 Å². The predicted molar refractivity (Wildman–Crippen MR) is 69.9 cm³/mol. The lowest BCUT2D eigenvalue weighted by atomic mass is 10.2. The maximum atomic E-state index is 11.0. The average Bonchev–Trinajstić information content (AvgIpc) is 2.14. The third kappa shape index (κ3) is 4.11. The van der Waals surface area contributed by atoms with Crippen molar-refractivity contribution in [1.29, 1.82) is 0 Å². The van der Waals surface area contributed by atoms with Crippen LogP contribution in [0.3, 0.4) is 0 Å². The quantitative estimate of drug-likeness (QED) is 0.831. The second-order valence-electron chi connectivity index (χ2n) is 4.31. The molecule has 5 nitrogen and oxygen atoms in total. The monoisotopic (exact) mass is 256 g/mol. The zero-order valence-electron chi connectivity index (χ0n) is 9.98. The van der Waals surface area contributed by atoms with Gasteiger partial charge in [0, 0.05) is 12.7 Å². The number of nitrogens with two attached hydrogens (primary N) is 2. The fourth-order valence-electron chi connectivity index (χ4n) is 1.57. The van der Waals surface area contributed by atoms with Crippen molar-refractivity contribution in [3.63, 3.8) is 0 Å². The predicted octanol–water partition coefficient (Wildman–Crippen LogP) is 1.26. The molecule has 0 radical (unpaired) electrons. The highest BCUT2D eigenvalue weighted by Crippen LogP contribution is 2.23. The topological polar surface area (TPSA) is 85.2 Å². The van der Waals surface area contributed by atoms with Crippen LogP contribution < -0.4 is 16.4 Å². The first-order valence-electron chi connectivity index (χ1n) is 5.34. The van der Waals surface area contributed by atoms with Gasteiger partial charge in [-0.25, -0.2) is 4.98 Å². The van der Waals surface area contributed by atoms with E-state index in [1.807, 2.05) is 13.8 Å². The Balaban J connectivity index is 2.98. The van der Waals surface area contributed by atoms with Crippen LogP contribution in [0.2, 0.25) is 5.02 Å². The van der Waals surface area contributed by atoms with Crippen molar-refractivity contribution in [2.45, 2.75) is 13.8 Å². The third-order valence-corrected chi connectivity index (χ3v) is 2.30. The second-order valence-corrected chi connectivity index (χ2v) is 4.74. The first-order valence-corrected chi connectivity index (χ1v) is 5.72. The van der Waals surface area contributed by atoms with E-state index in [9.17, 15) is 4.79 Å². The number of primary amides is 1. The summed E-state index contributed by atoms with van der Waals surface area (Å²) in [7, 11) is 0. The van der Waals surface area contributed by atoms with Crippen molar-refractivity contribution in [3.05, 3.63) is 17.3 Å². The van der Waals surface area contributed by atoms with Gasteiger partial charge in [-0.1, -0.05) is 25.4 Å². The number of pyridine rings is 1. The number of halogens is 1. The van der Waals surface area contributed by atoms with Gasteiger partial charge in [-0.3, -0.25) is 4.79 Å². The van der Waals surface area contributed by atoms with Crippen LogP contribution in [0.15, 0.2) is 12.3 Å². The van der Waals surface area contributed by atoms with Gasteiger partial charge in [-0.15, -0.1) is 0 Å². The molecule has 0 bridgehead atoms. The number of nitrogens with zero attached hydrogens (tertiary/aromatic N) is 2. The molecule has 6 heteroatoms. The highest BCUT2D eigenvalue weighted by molar-refractivity contribution is 6.30.